The highest BCUT2D eigenvalue weighted by atomic mass is 16.2. The molecule has 1 saturated heterocycles. The van der Waals surface area contributed by atoms with Gasteiger partial charge in [-0.1, -0.05) is 36.8 Å². The summed E-state index contributed by atoms with van der Waals surface area (Å²) in [6.07, 6.45) is 4.00. The first-order valence-corrected chi connectivity index (χ1v) is 9.81. The molecule has 1 amide bonds. The van der Waals surface area contributed by atoms with Crippen LogP contribution < -0.4 is 10.6 Å². The lowest BCUT2D eigenvalue weighted by Crippen LogP contribution is -2.44. The van der Waals surface area contributed by atoms with E-state index in [1.807, 2.05) is 4.90 Å². The lowest BCUT2D eigenvalue weighted by molar-refractivity contribution is -0.134. The van der Waals surface area contributed by atoms with Gasteiger partial charge in [0.25, 0.3) is 0 Å². The van der Waals surface area contributed by atoms with E-state index in [4.69, 9.17) is 0 Å². The van der Waals surface area contributed by atoms with Crippen LogP contribution in [0.2, 0.25) is 0 Å². The van der Waals surface area contributed by atoms with Gasteiger partial charge < -0.3 is 15.5 Å². The molecule has 1 fully saturated rings. The van der Waals surface area contributed by atoms with E-state index in [1.165, 1.54) is 17.5 Å². The van der Waals surface area contributed by atoms with Crippen molar-refractivity contribution in [3.05, 3.63) is 35.4 Å². The van der Waals surface area contributed by atoms with Crippen molar-refractivity contribution in [1.82, 2.24) is 15.5 Å². The Bertz CT molecular complexity index is 614. The van der Waals surface area contributed by atoms with E-state index >= 15 is 0 Å². The first-order valence-electron chi connectivity index (χ1n) is 9.81. The van der Waals surface area contributed by atoms with Crippen molar-refractivity contribution in [1.29, 1.82) is 0 Å². The number of hydrogen-bond acceptors (Lipinski definition) is 2. The highest BCUT2D eigenvalue weighted by molar-refractivity contribution is 5.81. The summed E-state index contributed by atoms with van der Waals surface area (Å²) in [5, 5.41) is 6.63. The summed E-state index contributed by atoms with van der Waals surface area (Å²) in [5.41, 5.74) is 2.60. The Hall–Kier alpha value is -2.04. The maximum Gasteiger partial charge on any atom is 0.224 e. The number of amides is 1. The summed E-state index contributed by atoms with van der Waals surface area (Å²) in [4.78, 5) is 18.7. The topological polar surface area (TPSA) is 56.7 Å². The number of likely N-dealkylation sites (tertiary alicyclic amines) is 1. The summed E-state index contributed by atoms with van der Waals surface area (Å²) < 4.78 is 0. The predicted molar refractivity (Wildman–Crippen MR) is 109 cm³/mol. The standard InChI is InChI=1S/C21H34N4O/c1-16-8-7-10-19(14-16)17(2)15-24-21(22-4)23-12-11-20(26)25-13-6-5-9-18(25)3/h7-8,10,14,17-18H,5-6,9,11-13,15H2,1-4H3,(H2,22,23,24). The highest BCUT2D eigenvalue weighted by Crippen LogP contribution is 2.17. The minimum absolute atomic E-state index is 0.244. The third kappa shape index (κ3) is 6.04. The normalized spacial score (nSPS) is 19.2. The van der Waals surface area contributed by atoms with Gasteiger partial charge in [-0.15, -0.1) is 0 Å². The lowest BCUT2D eigenvalue weighted by atomic mass is 9.99. The second-order valence-electron chi connectivity index (χ2n) is 7.38. The Morgan fingerprint density at radius 2 is 2.15 bits per heavy atom. The molecule has 2 unspecified atom stereocenters. The molecule has 1 heterocycles. The van der Waals surface area contributed by atoms with Crippen molar-refractivity contribution < 1.29 is 4.79 Å². The van der Waals surface area contributed by atoms with Crippen LogP contribution in [0.1, 0.15) is 56.6 Å². The zero-order valence-electron chi connectivity index (χ0n) is 16.7. The Kier molecular flexibility index (Phi) is 7.95. The first kappa shape index (κ1) is 20.3. The van der Waals surface area contributed by atoms with Crippen molar-refractivity contribution in [2.75, 3.05) is 26.7 Å². The maximum absolute atomic E-state index is 12.4. The van der Waals surface area contributed by atoms with Gasteiger partial charge in [0, 0.05) is 39.1 Å². The number of rotatable bonds is 6. The van der Waals surface area contributed by atoms with Gasteiger partial charge in [0.05, 0.1) is 0 Å². The first-order chi connectivity index (χ1) is 12.5. The van der Waals surface area contributed by atoms with Crippen molar-refractivity contribution >= 4 is 11.9 Å². The van der Waals surface area contributed by atoms with Crippen LogP contribution >= 0.6 is 0 Å². The van der Waals surface area contributed by atoms with Crippen LogP contribution in [0, 0.1) is 6.92 Å². The fraction of sp³-hybridized carbons (Fsp3) is 0.619. The summed E-state index contributed by atoms with van der Waals surface area (Å²) in [5.74, 6) is 1.39. The molecular weight excluding hydrogens is 324 g/mol. The number of hydrogen-bond donors (Lipinski definition) is 2. The van der Waals surface area contributed by atoms with E-state index in [0.717, 1.165) is 31.9 Å². The fourth-order valence-corrected chi connectivity index (χ4v) is 3.46. The summed E-state index contributed by atoms with van der Waals surface area (Å²) in [7, 11) is 1.77. The average molecular weight is 359 g/mol. The van der Waals surface area contributed by atoms with Gasteiger partial charge in [-0.2, -0.15) is 0 Å². The van der Waals surface area contributed by atoms with Crippen LogP contribution in [-0.4, -0.2) is 49.5 Å². The van der Waals surface area contributed by atoms with Crippen molar-refractivity contribution in [3.63, 3.8) is 0 Å². The molecule has 0 aromatic heterocycles. The molecule has 1 aliphatic rings. The molecule has 1 aromatic carbocycles. The van der Waals surface area contributed by atoms with Crippen LogP contribution in [0.5, 0.6) is 0 Å². The second kappa shape index (κ2) is 10.2. The minimum Gasteiger partial charge on any atom is -0.356 e. The molecule has 5 nitrogen and oxygen atoms in total. The molecule has 26 heavy (non-hydrogen) atoms. The van der Waals surface area contributed by atoms with Crippen LogP contribution in [0.25, 0.3) is 0 Å². The van der Waals surface area contributed by atoms with E-state index in [-0.39, 0.29) is 5.91 Å². The van der Waals surface area contributed by atoms with Crippen molar-refractivity contribution in [2.45, 2.75) is 58.4 Å². The van der Waals surface area contributed by atoms with Gasteiger partial charge in [0.2, 0.25) is 5.91 Å². The van der Waals surface area contributed by atoms with Crippen LogP contribution in [0.3, 0.4) is 0 Å². The number of aryl methyl sites for hydroxylation is 1. The Balaban J connectivity index is 1.73. The number of piperidine rings is 1. The number of guanidine groups is 1. The van der Waals surface area contributed by atoms with Gasteiger partial charge in [-0.05, 0) is 44.6 Å². The van der Waals surface area contributed by atoms with Crippen LogP contribution in [0.4, 0.5) is 0 Å². The number of nitrogens with one attached hydrogen (secondary N) is 2. The van der Waals surface area contributed by atoms with E-state index in [1.54, 1.807) is 7.05 Å². The molecule has 0 saturated carbocycles. The van der Waals surface area contributed by atoms with E-state index in [9.17, 15) is 4.79 Å². The van der Waals surface area contributed by atoms with Crippen LogP contribution in [0.15, 0.2) is 29.3 Å². The quantitative estimate of drug-likeness (QED) is 0.607. The molecule has 1 aromatic rings. The van der Waals surface area contributed by atoms with Gasteiger partial charge in [0.15, 0.2) is 5.96 Å². The molecule has 2 rings (SSSR count). The molecule has 1 aliphatic heterocycles. The summed E-state index contributed by atoms with van der Waals surface area (Å²) in [6, 6.07) is 8.98. The zero-order chi connectivity index (χ0) is 18.9. The number of carbonyl (C=O) groups is 1. The predicted octanol–water partition coefficient (Wildman–Crippen LogP) is 3.05. The van der Waals surface area contributed by atoms with Gasteiger partial charge in [0.1, 0.15) is 0 Å². The number of nitrogens with zero attached hydrogens (tertiary/aromatic N) is 2. The number of aliphatic imine (C=N–C) groups is 1. The molecular formula is C21H34N4O. The smallest absolute Gasteiger partial charge is 0.224 e. The molecule has 0 radical (unpaired) electrons. The number of carbonyl (C=O) groups excluding carboxylic acids is 1. The van der Waals surface area contributed by atoms with Gasteiger partial charge >= 0.3 is 0 Å². The summed E-state index contributed by atoms with van der Waals surface area (Å²) in [6.45, 7) is 8.79. The second-order valence-corrected chi connectivity index (χ2v) is 7.38. The molecule has 2 N–H and O–H groups in total. The maximum atomic E-state index is 12.4. The lowest BCUT2D eigenvalue weighted by Gasteiger charge is -2.33. The largest absolute Gasteiger partial charge is 0.356 e. The van der Waals surface area contributed by atoms with Crippen molar-refractivity contribution in [3.8, 4) is 0 Å². The fourth-order valence-electron chi connectivity index (χ4n) is 3.46. The minimum atomic E-state index is 0.244. The van der Waals surface area contributed by atoms with Gasteiger partial charge in [-0.25, -0.2) is 0 Å². The molecule has 5 heteroatoms. The van der Waals surface area contributed by atoms with E-state index < -0.39 is 0 Å². The van der Waals surface area contributed by atoms with Crippen molar-refractivity contribution in [2.24, 2.45) is 4.99 Å². The molecule has 2 atom stereocenters. The third-order valence-electron chi connectivity index (χ3n) is 5.17. The summed E-state index contributed by atoms with van der Waals surface area (Å²) >= 11 is 0. The molecule has 0 spiro atoms. The Labute approximate surface area is 158 Å². The van der Waals surface area contributed by atoms with E-state index in [0.29, 0.717) is 24.9 Å². The SMILES string of the molecule is CN=C(NCCC(=O)N1CCCCC1C)NCC(C)c1cccc(C)c1. The molecule has 0 bridgehead atoms. The van der Waals surface area contributed by atoms with E-state index in [2.05, 4.69) is 60.7 Å². The average Bonchev–Trinajstić information content (AvgIpc) is 2.64. The Morgan fingerprint density at radius 3 is 2.85 bits per heavy atom. The third-order valence-corrected chi connectivity index (χ3v) is 5.17. The number of benzene rings is 1. The Morgan fingerprint density at radius 1 is 1.35 bits per heavy atom. The van der Waals surface area contributed by atoms with Gasteiger partial charge in [-0.3, -0.25) is 9.79 Å². The molecule has 144 valence electrons. The zero-order valence-corrected chi connectivity index (χ0v) is 16.7. The van der Waals surface area contributed by atoms with Crippen LogP contribution in [-0.2, 0) is 4.79 Å². The monoisotopic (exact) mass is 358 g/mol. The molecule has 0 aliphatic carbocycles. The highest BCUT2D eigenvalue weighted by Gasteiger charge is 2.22.